The van der Waals surface area contributed by atoms with Crippen molar-refractivity contribution in [2.24, 2.45) is 0 Å². The van der Waals surface area contributed by atoms with Crippen molar-refractivity contribution in [3.8, 4) is 0 Å². The quantitative estimate of drug-likeness (QED) is 0.887. The van der Waals surface area contributed by atoms with Gasteiger partial charge < -0.3 is 5.32 Å². The predicted molar refractivity (Wildman–Crippen MR) is 66.1 cm³/mol. The summed E-state index contributed by atoms with van der Waals surface area (Å²) in [6.45, 7) is 2.25. The Kier molecular flexibility index (Phi) is 3.20. The lowest BCUT2D eigenvalue weighted by Crippen LogP contribution is -2.29. The van der Waals surface area contributed by atoms with E-state index in [0.29, 0.717) is 12.0 Å². The molecule has 1 N–H and O–H groups in total. The second-order valence-corrected chi connectivity index (χ2v) is 5.56. The summed E-state index contributed by atoms with van der Waals surface area (Å²) >= 11 is 5.61. The Morgan fingerprint density at radius 1 is 1.57 bits per heavy atom. The predicted octanol–water partition coefficient (Wildman–Crippen LogP) is 3.25. The lowest BCUT2D eigenvalue weighted by Gasteiger charge is -2.19. The van der Waals surface area contributed by atoms with Gasteiger partial charge in [-0.15, -0.1) is 11.8 Å². The molecule has 0 aliphatic carbocycles. The highest BCUT2D eigenvalue weighted by Gasteiger charge is 2.28. The summed E-state index contributed by atoms with van der Waals surface area (Å²) in [5.41, 5.74) is 1.49. The highest BCUT2D eigenvalue weighted by molar-refractivity contribution is 9.10. The maximum Gasteiger partial charge on any atom is 0.0222 e. The van der Waals surface area contributed by atoms with Crippen molar-refractivity contribution in [2.45, 2.75) is 23.8 Å². The third-order valence-electron chi connectivity index (χ3n) is 2.86. The van der Waals surface area contributed by atoms with Crippen LogP contribution in [0.3, 0.4) is 0 Å². The van der Waals surface area contributed by atoms with Crippen molar-refractivity contribution in [3.63, 3.8) is 0 Å². The van der Waals surface area contributed by atoms with Crippen LogP contribution in [0.5, 0.6) is 0 Å². The number of thioether (sulfide) groups is 1. The van der Waals surface area contributed by atoms with E-state index in [-0.39, 0.29) is 0 Å². The van der Waals surface area contributed by atoms with Gasteiger partial charge in [-0.2, -0.15) is 0 Å². The first-order valence-corrected chi connectivity index (χ1v) is 6.60. The lowest BCUT2D eigenvalue weighted by molar-refractivity contribution is 0.529. The van der Waals surface area contributed by atoms with Gasteiger partial charge in [-0.3, -0.25) is 0 Å². The largest absolute Gasteiger partial charge is 0.317 e. The van der Waals surface area contributed by atoms with Gasteiger partial charge in [-0.25, -0.2) is 0 Å². The van der Waals surface area contributed by atoms with Crippen LogP contribution < -0.4 is 5.32 Å². The first-order chi connectivity index (χ1) is 6.74. The highest BCUT2D eigenvalue weighted by Crippen LogP contribution is 2.44. The number of benzene rings is 1. The highest BCUT2D eigenvalue weighted by atomic mass is 79.9. The van der Waals surface area contributed by atoms with Crippen molar-refractivity contribution < 1.29 is 0 Å². The van der Waals surface area contributed by atoms with Crippen LogP contribution in [0.4, 0.5) is 0 Å². The molecule has 0 amide bonds. The Morgan fingerprint density at radius 3 is 3.07 bits per heavy atom. The molecule has 2 rings (SSSR count). The minimum absolute atomic E-state index is 0.544. The van der Waals surface area contributed by atoms with Gasteiger partial charge in [-0.05, 0) is 31.7 Å². The molecule has 2 atom stereocenters. The van der Waals surface area contributed by atoms with Crippen molar-refractivity contribution in [2.75, 3.05) is 12.8 Å². The minimum Gasteiger partial charge on any atom is -0.317 e. The summed E-state index contributed by atoms with van der Waals surface area (Å²) in [7, 11) is 2.03. The number of nitrogens with one attached hydrogen (secondary N) is 1. The summed E-state index contributed by atoms with van der Waals surface area (Å²) in [6, 6.07) is 7.01. The standard InChI is InChI=1S/C11H14BrNS/c1-7(13-2)8-6-14-10-5-3-4-9(12)11(8)10/h3-5,7-8,13H,6H2,1-2H3. The van der Waals surface area contributed by atoms with Crippen molar-refractivity contribution in [1.82, 2.24) is 5.32 Å². The van der Waals surface area contributed by atoms with E-state index in [4.69, 9.17) is 0 Å². The maximum absolute atomic E-state index is 3.64. The van der Waals surface area contributed by atoms with Crippen molar-refractivity contribution in [1.29, 1.82) is 0 Å². The summed E-state index contributed by atoms with van der Waals surface area (Å²) in [5, 5.41) is 3.34. The molecule has 1 aliphatic rings. The third kappa shape index (κ3) is 1.73. The van der Waals surface area contributed by atoms with E-state index >= 15 is 0 Å². The number of likely N-dealkylation sites (N-methyl/N-ethyl adjacent to an activating group) is 1. The monoisotopic (exact) mass is 271 g/mol. The third-order valence-corrected chi connectivity index (χ3v) is 4.75. The van der Waals surface area contributed by atoms with Crippen LogP contribution in [0.1, 0.15) is 18.4 Å². The zero-order chi connectivity index (χ0) is 10.1. The first-order valence-electron chi connectivity index (χ1n) is 4.82. The summed E-state index contributed by atoms with van der Waals surface area (Å²) in [4.78, 5) is 1.44. The van der Waals surface area contributed by atoms with Crippen LogP contribution in [0.2, 0.25) is 0 Å². The zero-order valence-electron chi connectivity index (χ0n) is 8.38. The van der Waals surface area contributed by atoms with Crippen LogP contribution >= 0.6 is 27.7 Å². The maximum atomic E-state index is 3.64. The summed E-state index contributed by atoms with van der Waals surface area (Å²) < 4.78 is 1.26. The van der Waals surface area contributed by atoms with Gasteiger partial charge >= 0.3 is 0 Å². The molecule has 1 aromatic rings. The molecule has 76 valence electrons. The number of hydrogen-bond donors (Lipinski definition) is 1. The Morgan fingerprint density at radius 2 is 2.36 bits per heavy atom. The van der Waals surface area contributed by atoms with E-state index in [1.165, 1.54) is 20.7 Å². The fourth-order valence-corrected chi connectivity index (χ4v) is 4.06. The van der Waals surface area contributed by atoms with Crippen LogP contribution in [-0.4, -0.2) is 18.8 Å². The smallest absolute Gasteiger partial charge is 0.0222 e. The second-order valence-electron chi connectivity index (χ2n) is 3.65. The molecular formula is C11H14BrNS. The van der Waals surface area contributed by atoms with E-state index in [1.807, 2.05) is 18.8 Å². The number of hydrogen-bond acceptors (Lipinski definition) is 2. The molecular weight excluding hydrogens is 258 g/mol. The minimum atomic E-state index is 0.544. The Labute approximate surface area is 97.8 Å². The molecule has 0 bridgehead atoms. The second kappa shape index (κ2) is 4.25. The topological polar surface area (TPSA) is 12.0 Å². The van der Waals surface area contributed by atoms with Crippen LogP contribution in [-0.2, 0) is 0 Å². The molecule has 1 aliphatic heterocycles. The van der Waals surface area contributed by atoms with E-state index in [1.54, 1.807) is 0 Å². The van der Waals surface area contributed by atoms with Crippen molar-refractivity contribution in [3.05, 3.63) is 28.2 Å². The molecule has 1 nitrogen and oxygen atoms in total. The van der Waals surface area contributed by atoms with Gasteiger partial charge in [0, 0.05) is 27.1 Å². The summed E-state index contributed by atoms with van der Waals surface area (Å²) in [6.07, 6.45) is 0. The van der Waals surface area contributed by atoms with E-state index in [0.717, 1.165) is 0 Å². The van der Waals surface area contributed by atoms with Gasteiger partial charge in [0.2, 0.25) is 0 Å². The molecule has 0 saturated heterocycles. The number of fused-ring (bicyclic) bond motifs is 1. The van der Waals surface area contributed by atoms with Crippen LogP contribution in [0.15, 0.2) is 27.6 Å². The molecule has 1 aromatic carbocycles. The first kappa shape index (κ1) is 10.5. The SMILES string of the molecule is CNC(C)C1CSc2cccc(Br)c21. The fourth-order valence-electron chi connectivity index (χ4n) is 1.86. The Bertz CT molecular complexity index is 340. The van der Waals surface area contributed by atoms with Gasteiger partial charge in [0.25, 0.3) is 0 Å². The molecule has 0 saturated carbocycles. The molecule has 2 unspecified atom stereocenters. The molecule has 0 aromatic heterocycles. The lowest BCUT2D eigenvalue weighted by atomic mass is 9.95. The van der Waals surface area contributed by atoms with E-state index in [2.05, 4.69) is 46.4 Å². The molecule has 0 fully saturated rings. The zero-order valence-corrected chi connectivity index (χ0v) is 10.8. The van der Waals surface area contributed by atoms with Gasteiger partial charge in [0.15, 0.2) is 0 Å². The number of halogens is 1. The van der Waals surface area contributed by atoms with Gasteiger partial charge in [0.1, 0.15) is 0 Å². The van der Waals surface area contributed by atoms with Crippen LogP contribution in [0.25, 0.3) is 0 Å². The Hall–Kier alpha value is 0.01000. The van der Waals surface area contributed by atoms with Crippen LogP contribution in [0, 0.1) is 0 Å². The molecule has 14 heavy (non-hydrogen) atoms. The molecule has 0 radical (unpaired) electrons. The number of rotatable bonds is 2. The fraction of sp³-hybridized carbons (Fsp3) is 0.455. The average Bonchev–Trinajstić information content (AvgIpc) is 2.62. The van der Waals surface area contributed by atoms with E-state index < -0.39 is 0 Å². The van der Waals surface area contributed by atoms with Gasteiger partial charge in [-0.1, -0.05) is 22.0 Å². The molecule has 3 heteroatoms. The average molecular weight is 272 g/mol. The van der Waals surface area contributed by atoms with E-state index in [9.17, 15) is 0 Å². The molecule has 0 spiro atoms. The molecule has 1 heterocycles. The normalized spacial score (nSPS) is 22.1. The van der Waals surface area contributed by atoms with Crippen molar-refractivity contribution >= 4 is 27.7 Å². The Balaban J connectivity index is 2.38. The summed E-state index contributed by atoms with van der Waals surface area (Å²) in [5.74, 6) is 1.83. The van der Waals surface area contributed by atoms with Gasteiger partial charge in [0.05, 0.1) is 0 Å².